The van der Waals surface area contributed by atoms with E-state index >= 15 is 0 Å². The van der Waals surface area contributed by atoms with Gasteiger partial charge in [0.25, 0.3) is 0 Å². The van der Waals surface area contributed by atoms with Crippen molar-refractivity contribution in [2.24, 2.45) is 5.92 Å². The molecule has 2 atom stereocenters. The molecule has 1 fully saturated rings. The number of aromatic nitrogens is 3. The van der Waals surface area contributed by atoms with Crippen molar-refractivity contribution in [3.63, 3.8) is 0 Å². The van der Waals surface area contributed by atoms with Gasteiger partial charge in [-0.15, -0.1) is 5.10 Å². The molecule has 1 aliphatic heterocycles. The Bertz CT molecular complexity index is 581. The molecule has 2 aromatic rings. The summed E-state index contributed by atoms with van der Waals surface area (Å²) < 4.78 is 1.87. The average Bonchev–Trinajstić information content (AvgIpc) is 2.89. The lowest BCUT2D eigenvalue weighted by Crippen LogP contribution is -2.42. The number of rotatable bonds is 1. The minimum atomic E-state index is -0.259. The van der Waals surface area contributed by atoms with E-state index in [0.29, 0.717) is 12.5 Å². The molecule has 6 heteroatoms. The zero-order valence-electron chi connectivity index (χ0n) is 12.5. The molecule has 5 nitrogen and oxygen atoms in total. The van der Waals surface area contributed by atoms with Crippen molar-refractivity contribution in [1.82, 2.24) is 14.6 Å². The number of hydrogen-bond donors (Lipinski definition) is 1. The van der Waals surface area contributed by atoms with Crippen LogP contribution in [0.25, 0.3) is 4.96 Å². The molecule has 0 spiro atoms. The topological polar surface area (TPSA) is 53.7 Å². The van der Waals surface area contributed by atoms with Crippen LogP contribution in [-0.2, 0) is 5.41 Å². The first kappa shape index (κ1) is 13.8. The number of imidazole rings is 1. The lowest BCUT2D eigenvalue weighted by molar-refractivity contribution is 0.103. The number of nitrogens with zero attached hydrogens (tertiary/aromatic N) is 4. The van der Waals surface area contributed by atoms with E-state index in [-0.39, 0.29) is 11.5 Å². The Morgan fingerprint density at radius 3 is 2.75 bits per heavy atom. The van der Waals surface area contributed by atoms with E-state index in [1.165, 1.54) is 0 Å². The van der Waals surface area contributed by atoms with Crippen LogP contribution >= 0.6 is 11.3 Å². The number of β-amino-alcohol motifs (C(OH)–C–C–N with tert-alkyl or cyclic N) is 1. The first-order chi connectivity index (χ1) is 9.34. The average molecular weight is 294 g/mol. The molecule has 110 valence electrons. The van der Waals surface area contributed by atoms with Crippen LogP contribution in [0.5, 0.6) is 0 Å². The van der Waals surface area contributed by atoms with Crippen molar-refractivity contribution < 1.29 is 5.11 Å². The lowest BCUT2D eigenvalue weighted by atomic mass is 9.93. The normalized spacial score (nSPS) is 24.6. The van der Waals surface area contributed by atoms with Gasteiger partial charge in [-0.3, -0.25) is 0 Å². The lowest BCUT2D eigenvalue weighted by Gasteiger charge is -2.33. The number of piperidine rings is 1. The van der Waals surface area contributed by atoms with E-state index in [1.54, 1.807) is 11.3 Å². The van der Waals surface area contributed by atoms with Crippen LogP contribution in [0.2, 0.25) is 0 Å². The summed E-state index contributed by atoms with van der Waals surface area (Å²) in [5.41, 5.74) is 1.11. The van der Waals surface area contributed by atoms with Crippen molar-refractivity contribution >= 4 is 21.4 Å². The number of anilines is 1. The highest BCUT2D eigenvalue weighted by Crippen LogP contribution is 2.29. The van der Waals surface area contributed by atoms with Crippen LogP contribution in [0.1, 0.15) is 39.8 Å². The number of fused-ring (bicyclic) bond motifs is 1. The van der Waals surface area contributed by atoms with Crippen LogP contribution in [0, 0.1) is 5.92 Å². The second kappa shape index (κ2) is 4.70. The maximum absolute atomic E-state index is 10.00. The Balaban J connectivity index is 1.85. The molecule has 0 radical (unpaired) electrons. The van der Waals surface area contributed by atoms with E-state index in [1.807, 2.05) is 10.7 Å². The molecular weight excluding hydrogens is 272 g/mol. The zero-order valence-corrected chi connectivity index (χ0v) is 13.3. The predicted octanol–water partition coefficient (Wildman–Crippen LogP) is 2.30. The van der Waals surface area contributed by atoms with Gasteiger partial charge in [0.1, 0.15) is 0 Å². The highest BCUT2D eigenvalue weighted by atomic mass is 32.1. The highest BCUT2D eigenvalue weighted by Gasteiger charge is 2.27. The van der Waals surface area contributed by atoms with Crippen LogP contribution < -0.4 is 4.90 Å². The molecule has 2 unspecified atom stereocenters. The minimum absolute atomic E-state index is 0.0460. The third-order valence-corrected chi connectivity index (χ3v) is 4.97. The standard InChI is InChI=1S/C14H22N4OS/c1-9-5-6-17(7-10(9)19)13-16-18-8-11(14(2,3)4)15-12(18)20-13/h8-10,19H,5-7H2,1-4H3. The van der Waals surface area contributed by atoms with Gasteiger partial charge >= 0.3 is 0 Å². The fourth-order valence-electron chi connectivity index (χ4n) is 2.40. The molecule has 0 amide bonds. The summed E-state index contributed by atoms with van der Waals surface area (Å²) in [5, 5.41) is 15.6. The smallest absolute Gasteiger partial charge is 0.214 e. The second-order valence-electron chi connectivity index (χ2n) is 6.77. The molecule has 20 heavy (non-hydrogen) atoms. The van der Waals surface area contributed by atoms with Gasteiger partial charge in [-0.1, -0.05) is 39.0 Å². The van der Waals surface area contributed by atoms with Crippen molar-refractivity contribution in [2.45, 2.75) is 45.6 Å². The fourth-order valence-corrected chi connectivity index (χ4v) is 3.32. The maximum Gasteiger partial charge on any atom is 0.214 e. The molecule has 0 bridgehead atoms. The van der Waals surface area contributed by atoms with Gasteiger partial charge in [0.15, 0.2) is 0 Å². The predicted molar refractivity (Wildman–Crippen MR) is 81.6 cm³/mol. The largest absolute Gasteiger partial charge is 0.391 e. The van der Waals surface area contributed by atoms with E-state index in [0.717, 1.165) is 28.8 Å². The Labute approximate surface area is 123 Å². The number of hydrogen-bond acceptors (Lipinski definition) is 5. The van der Waals surface area contributed by atoms with Crippen molar-refractivity contribution in [1.29, 1.82) is 0 Å². The number of aliphatic hydroxyl groups is 1. The van der Waals surface area contributed by atoms with Gasteiger partial charge in [-0.2, -0.15) is 0 Å². The quantitative estimate of drug-likeness (QED) is 0.877. The Morgan fingerprint density at radius 1 is 1.40 bits per heavy atom. The SMILES string of the molecule is CC1CCN(c2nn3cc(C(C)(C)C)nc3s2)CC1O. The van der Waals surface area contributed by atoms with Gasteiger partial charge in [0.2, 0.25) is 10.1 Å². The number of aliphatic hydroxyl groups excluding tert-OH is 1. The molecule has 2 aromatic heterocycles. The van der Waals surface area contributed by atoms with Gasteiger partial charge in [-0.05, 0) is 12.3 Å². The van der Waals surface area contributed by atoms with Crippen molar-refractivity contribution in [3.05, 3.63) is 11.9 Å². The van der Waals surface area contributed by atoms with E-state index in [4.69, 9.17) is 0 Å². The van der Waals surface area contributed by atoms with E-state index in [9.17, 15) is 5.11 Å². The Hall–Kier alpha value is -1.14. The van der Waals surface area contributed by atoms with E-state index in [2.05, 4.69) is 42.7 Å². The van der Waals surface area contributed by atoms with Crippen LogP contribution in [-0.4, -0.2) is 38.9 Å². The summed E-state index contributed by atoms with van der Waals surface area (Å²) in [6, 6.07) is 0. The summed E-state index contributed by atoms with van der Waals surface area (Å²) >= 11 is 1.60. The molecule has 3 rings (SSSR count). The Morgan fingerprint density at radius 2 is 2.15 bits per heavy atom. The molecular formula is C14H22N4OS. The van der Waals surface area contributed by atoms with Crippen molar-refractivity contribution in [3.8, 4) is 0 Å². The summed E-state index contributed by atoms with van der Waals surface area (Å²) in [6.07, 6.45) is 2.76. The van der Waals surface area contributed by atoms with Gasteiger partial charge in [0, 0.05) is 18.5 Å². The fraction of sp³-hybridized carbons (Fsp3) is 0.714. The zero-order chi connectivity index (χ0) is 14.5. The van der Waals surface area contributed by atoms with Crippen LogP contribution in [0.3, 0.4) is 0 Å². The van der Waals surface area contributed by atoms with Crippen LogP contribution in [0.15, 0.2) is 6.20 Å². The monoisotopic (exact) mass is 294 g/mol. The molecule has 3 heterocycles. The molecule has 0 aliphatic carbocycles. The van der Waals surface area contributed by atoms with Gasteiger partial charge in [-0.25, -0.2) is 9.50 Å². The summed E-state index contributed by atoms with van der Waals surface area (Å²) in [5.74, 6) is 0.378. The first-order valence-corrected chi connectivity index (χ1v) is 7.96. The minimum Gasteiger partial charge on any atom is -0.391 e. The van der Waals surface area contributed by atoms with Gasteiger partial charge < -0.3 is 10.0 Å². The molecule has 1 N–H and O–H groups in total. The Kier molecular flexibility index (Phi) is 3.25. The summed E-state index contributed by atoms with van der Waals surface area (Å²) in [4.78, 5) is 7.76. The van der Waals surface area contributed by atoms with E-state index < -0.39 is 0 Å². The molecule has 1 saturated heterocycles. The third-order valence-electron chi connectivity index (χ3n) is 3.99. The first-order valence-electron chi connectivity index (χ1n) is 7.14. The molecule has 0 aromatic carbocycles. The van der Waals surface area contributed by atoms with Gasteiger partial charge in [0.05, 0.1) is 18.0 Å². The summed E-state index contributed by atoms with van der Waals surface area (Å²) in [6.45, 7) is 10.2. The molecule has 0 saturated carbocycles. The van der Waals surface area contributed by atoms with Crippen molar-refractivity contribution in [2.75, 3.05) is 18.0 Å². The highest BCUT2D eigenvalue weighted by molar-refractivity contribution is 7.20. The molecule has 1 aliphatic rings. The third kappa shape index (κ3) is 2.42. The second-order valence-corrected chi connectivity index (χ2v) is 7.70. The summed E-state index contributed by atoms with van der Waals surface area (Å²) in [7, 11) is 0. The van der Waals surface area contributed by atoms with Crippen LogP contribution in [0.4, 0.5) is 5.13 Å². The maximum atomic E-state index is 10.00.